The zero-order valence-corrected chi connectivity index (χ0v) is 6.42. The molecule has 1 aliphatic heterocycles. The van der Waals surface area contributed by atoms with Crippen LogP contribution in [-0.4, -0.2) is 37.7 Å². The summed E-state index contributed by atoms with van der Waals surface area (Å²) in [6, 6.07) is 0.704. The lowest BCUT2D eigenvalue weighted by Gasteiger charge is -2.11. The quantitative estimate of drug-likeness (QED) is 0.517. The lowest BCUT2D eigenvalue weighted by Crippen LogP contribution is -2.22. The van der Waals surface area contributed by atoms with Crippen LogP contribution in [0.15, 0.2) is 0 Å². The number of rotatable bonds is 1. The van der Waals surface area contributed by atoms with Crippen LogP contribution < -0.4 is 0 Å². The molecule has 0 amide bonds. The lowest BCUT2D eigenvalue weighted by molar-refractivity contribution is 0.111. The zero-order valence-electron chi connectivity index (χ0n) is 6.42. The molecule has 0 spiro atoms. The van der Waals surface area contributed by atoms with Crippen molar-refractivity contribution in [2.24, 2.45) is 0 Å². The molecular weight excluding hydrogens is 114 g/mol. The van der Waals surface area contributed by atoms with Crippen molar-refractivity contribution in [3.63, 3.8) is 0 Å². The Morgan fingerprint density at radius 3 is 2.44 bits per heavy atom. The molecule has 1 heterocycles. The maximum Gasteiger partial charge on any atom is 0.0713 e. The molecule has 0 bridgehead atoms. The van der Waals surface area contributed by atoms with Gasteiger partial charge in [0.15, 0.2) is 0 Å². The van der Waals surface area contributed by atoms with Crippen LogP contribution in [0, 0.1) is 0 Å². The number of hydrogen-bond acceptors (Lipinski definition) is 2. The van der Waals surface area contributed by atoms with Gasteiger partial charge in [-0.2, -0.15) is 0 Å². The molecular formula is C7H15NO. The van der Waals surface area contributed by atoms with Gasteiger partial charge in [-0.15, -0.1) is 0 Å². The van der Waals surface area contributed by atoms with Crippen LogP contribution in [0.1, 0.15) is 13.3 Å². The van der Waals surface area contributed by atoms with Crippen molar-refractivity contribution in [2.45, 2.75) is 25.5 Å². The Bertz CT molecular complexity index is 84.9. The normalized spacial score (nSPS) is 37.7. The van der Waals surface area contributed by atoms with E-state index in [4.69, 9.17) is 4.74 Å². The van der Waals surface area contributed by atoms with Crippen molar-refractivity contribution >= 4 is 0 Å². The number of ether oxygens (including phenoxy) is 1. The largest absolute Gasteiger partial charge is 0.380 e. The Morgan fingerprint density at radius 1 is 1.56 bits per heavy atom. The van der Waals surface area contributed by atoms with Crippen LogP contribution >= 0.6 is 0 Å². The summed E-state index contributed by atoms with van der Waals surface area (Å²) in [5.74, 6) is 0. The number of likely N-dealkylation sites (tertiary alicyclic amines) is 1. The third kappa shape index (κ3) is 1.43. The van der Waals surface area contributed by atoms with E-state index in [-0.39, 0.29) is 0 Å². The zero-order chi connectivity index (χ0) is 6.85. The summed E-state index contributed by atoms with van der Waals surface area (Å²) in [6.45, 7) is 3.33. The highest BCUT2D eigenvalue weighted by Gasteiger charge is 2.25. The number of nitrogens with zero attached hydrogens (tertiary/aromatic N) is 1. The topological polar surface area (TPSA) is 12.5 Å². The van der Waals surface area contributed by atoms with E-state index in [1.807, 2.05) is 0 Å². The van der Waals surface area contributed by atoms with Gasteiger partial charge in [0.1, 0.15) is 0 Å². The predicted molar refractivity (Wildman–Crippen MR) is 37.5 cm³/mol. The second-order valence-electron chi connectivity index (χ2n) is 2.88. The van der Waals surface area contributed by atoms with Gasteiger partial charge in [-0.1, -0.05) is 0 Å². The first-order chi connectivity index (χ1) is 4.24. The fourth-order valence-electron chi connectivity index (χ4n) is 1.31. The lowest BCUT2D eigenvalue weighted by atomic mass is 10.2. The smallest absolute Gasteiger partial charge is 0.0713 e. The Kier molecular flexibility index (Phi) is 2.09. The van der Waals surface area contributed by atoms with E-state index < -0.39 is 0 Å². The molecule has 0 aliphatic carbocycles. The average Bonchev–Trinajstić information content (AvgIpc) is 2.13. The summed E-state index contributed by atoms with van der Waals surface area (Å²) >= 11 is 0. The van der Waals surface area contributed by atoms with Gasteiger partial charge >= 0.3 is 0 Å². The summed E-state index contributed by atoms with van der Waals surface area (Å²) in [5, 5.41) is 0. The van der Waals surface area contributed by atoms with Crippen molar-refractivity contribution in [2.75, 3.05) is 20.7 Å². The van der Waals surface area contributed by atoms with Crippen LogP contribution in [0.25, 0.3) is 0 Å². The van der Waals surface area contributed by atoms with Crippen LogP contribution in [-0.2, 0) is 4.74 Å². The number of likely N-dealkylation sites (N-methyl/N-ethyl adjacent to an activating group) is 1. The molecule has 9 heavy (non-hydrogen) atoms. The molecule has 0 aromatic rings. The van der Waals surface area contributed by atoms with Crippen molar-refractivity contribution < 1.29 is 4.74 Å². The molecule has 0 radical (unpaired) electrons. The maximum atomic E-state index is 5.21. The molecule has 0 aromatic carbocycles. The molecule has 2 heteroatoms. The molecule has 0 saturated carbocycles. The first-order valence-corrected chi connectivity index (χ1v) is 3.47. The molecule has 1 unspecified atom stereocenters. The van der Waals surface area contributed by atoms with E-state index in [2.05, 4.69) is 18.9 Å². The van der Waals surface area contributed by atoms with Gasteiger partial charge in [-0.05, 0) is 20.4 Å². The predicted octanol–water partition coefficient (Wildman–Crippen LogP) is 0.725. The van der Waals surface area contributed by atoms with Crippen LogP contribution in [0.3, 0.4) is 0 Å². The first kappa shape index (κ1) is 7.03. The second kappa shape index (κ2) is 2.67. The Balaban J connectivity index is 2.35. The van der Waals surface area contributed by atoms with Crippen molar-refractivity contribution in [3.8, 4) is 0 Å². The third-order valence-corrected chi connectivity index (χ3v) is 2.18. The van der Waals surface area contributed by atoms with Crippen molar-refractivity contribution in [1.82, 2.24) is 4.90 Å². The molecule has 0 N–H and O–H groups in total. The highest BCUT2D eigenvalue weighted by atomic mass is 16.5. The number of methoxy groups -OCH3 is 1. The van der Waals surface area contributed by atoms with E-state index >= 15 is 0 Å². The summed E-state index contributed by atoms with van der Waals surface area (Å²) in [7, 11) is 3.93. The second-order valence-corrected chi connectivity index (χ2v) is 2.88. The highest BCUT2D eigenvalue weighted by molar-refractivity contribution is 4.79. The molecule has 2 atom stereocenters. The van der Waals surface area contributed by atoms with Crippen LogP contribution in [0.4, 0.5) is 0 Å². The fraction of sp³-hybridized carbons (Fsp3) is 1.00. The average molecular weight is 129 g/mol. The minimum atomic E-state index is 0.477. The molecule has 1 aliphatic rings. The maximum absolute atomic E-state index is 5.21. The summed E-state index contributed by atoms with van der Waals surface area (Å²) in [5.41, 5.74) is 0. The van der Waals surface area contributed by atoms with E-state index in [0.717, 1.165) is 6.54 Å². The minimum absolute atomic E-state index is 0.477. The Labute approximate surface area is 56.8 Å². The summed E-state index contributed by atoms with van der Waals surface area (Å²) < 4.78 is 5.21. The van der Waals surface area contributed by atoms with Gasteiger partial charge < -0.3 is 9.64 Å². The third-order valence-electron chi connectivity index (χ3n) is 2.18. The summed E-state index contributed by atoms with van der Waals surface area (Å²) in [6.07, 6.45) is 1.66. The monoisotopic (exact) mass is 129 g/mol. The van der Waals surface area contributed by atoms with Gasteiger partial charge in [-0.3, -0.25) is 0 Å². The molecule has 1 saturated heterocycles. The van der Waals surface area contributed by atoms with Gasteiger partial charge in [0.25, 0.3) is 0 Å². The SMILES string of the molecule is COC1C[C@@H](C)N(C)C1. The standard InChI is InChI=1S/C7H15NO/c1-6-4-7(9-3)5-8(6)2/h6-7H,4-5H2,1-3H3/t6-,7?/m1/s1. The minimum Gasteiger partial charge on any atom is -0.380 e. The van der Waals surface area contributed by atoms with Crippen LogP contribution in [0.2, 0.25) is 0 Å². The fourth-order valence-corrected chi connectivity index (χ4v) is 1.31. The van der Waals surface area contributed by atoms with Crippen LogP contribution in [0.5, 0.6) is 0 Å². The van der Waals surface area contributed by atoms with E-state index in [9.17, 15) is 0 Å². The van der Waals surface area contributed by atoms with E-state index in [1.54, 1.807) is 7.11 Å². The van der Waals surface area contributed by atoms with E-state index in [0.29, 0.717) is 12.1 Å². The summed E-state index contributed by atoms with van der Waals surface area (Å²) in [4.78, 5) is 2.33. The molecule has 1 fully saturated rings. The molecule has 2 nitrogen and oxygen atoms in total. The Hall–Kier alpha value is -0.0800. The molecule has 1 rings (SSSR count). The highest BCUT2D eigenvalue weighted by Crippen LogP contribution is 2.16. The number of hydrogen-bond donors (Lipinski definition) is 0. The van der Waals surface area contributed by atoms with Gasteiger partial charge in [-0.25, -0.2) is 0 Å². The van der Waals surface area contributed by atoms with E-state index in [1.165, 1.54) is 6.42 Å². The Morgan fingerprint density at radius 2 is 2.22 bits per heavy atom. The van der Waals surface area contributed by atoms with Crippen molar-refractivity contribution in [1.29, 1.82) is 0 Å². The molecule has 54 valence electrons. The molecule has 0 aromatic heterocycles. The first-order valence-electron chi connectivity index (χ1n) is 3.47. The van der Waals surface area contributed by atoms with Gasteiger partial charge in [0.2, 0.25) is 0 Å². The van der Waals surface area contributed by atoms with Crippen molar-refractivity contribution in [3.05, 3.63) is 0 Å². The van der Waals surface area contributed by atoms with Gasteiger partial charge in [0, 0.05) is 19.7 Å². The van der Waals surface area contributed by atoms with Gasteiger partial charge in [0.05, 0.1) is 6.10 Å².